The molecule has 0 heterocycles. The summed E-state index contributed by atoms with van der Waals surface area (Å²) in [6, 6.07) is 0. The first-order valence-corrected chi connectivity index (χ1v) is 2.40. The molecule has 0 spiro atoms. The molecule has 0 atom stereocenters. The quantitative estimate of drug-likeness (QED) is 0.435. The molecule has 0 aromatic carbocycles. The average molecular weight is 94.2 g/mol. The van der Waals surface area contributed by atoms with Gasteiger partial charge in [-0.3, -0.25) is 0 Å². The van der Waals surface area contributed by atoms with Crippen molar-refractivity contribution in [3.63, 3.8) is 0 Å². The van der Waals surface area contributed by atoms with Gasteiger partial charge in [-0.15, -0.1) is 6.42 Å². The number of allylic oxidation sites excluding steroid dienone is 2. The zero-order chi connectivity index (χ0) is 5.70. The Balaban J connectivity index is 3.31. The minimum Gasteiger partial charge on any atom is -0.115 e. The molecule has 0 fully saturated rings. The standard InChI is InChI=1S/C7H10/c1-4-5-6-7(2)3/h1,5-7H,2-3H3/b6-5+. The summed E-state index contributed by atoms with van der Waals surface area (Å²) < 4.78 is 0. The van der Waals surface area contributed by atoms with Crippen LogP contribution in [0.1, 0.15) is 13.8 Å². The maximum Gasteiger partial charge on any atom is -0.0159 e. The van der Waals surface area contributed by atoms with Crippen molar-refractivity contribution in [2.24, 2.45) is 5.92 Å². The van der Waals surface area contributed by atoms with Crippen LogP contribution >= 0.6 is 0 Å². The maximum atomic E-state index is 4.94. The molecule has 0 unspecified atom stereocenters. The van der Waals surface area contributed by atoms with Crippen LogP contribution in [0.5, 0.6) is 0 Å². The van der Waals surface area contributed by atoms with Gasteiger partial charge >= 0.3 is 0 Å². The van der Waals surface area contributed by atoms with Crippen molar-refractivity contribution in [2.75, 3.05) is 0 Å². The van der Waals surface area contributed by atoms with E-state index >= 15 is 0 Å². The zero-order valence-electron chi connectivity index (χ0n) is 4.81. The Morgan fingerprint density at radius 2 is 2.14 bits per heavy atom. The van der Waals surface area contributed by atoms with E-state index in [4.69, 9.17) is 6.42 Å². The molecule has 0 saturated heterocycles. The van der Waals surface area contributed by atoms with Crippen molar-refractivity contribution >= 4 is 0 Å². The van der Waals surface area contributed by atoms with E-state index in [2.05, 4.69) is 19.8 Å². The second-order valence-electron chi connectivity index (χ2n) is 1.77. The second kappa shape index (κ2) is 3.49. The Labute approximate surface area is 45.2 Å². The van der Waals surface area contributed by atoms with Gasteiger partial charge in [0.15, 0.2) is 0 Å². The van der Waals surface area contributed by atoms with E-state index < -0.39 is 0 Å². The maximum absolute atomic E-state index is 4.94. The summed E-state index contributed by atoms with van der Waals surface area (Å²) in [5.41, 5.74) is 0. The third-order valence-electron chi connectivity index (χ3n) is 0.577. The summed E-state index contributed by atoms with van der Waals surface area (Å²) in [5.74, 6) is 3.00. The molecule has 0 bridgehead atoms. The van der Waals surface area contributed by atoms with Crippen molar-refractivity contribution in [3.05, 3.63) is 12.2 Å². The predicted octanol–water partition coefficient (Wildman–Crippen LogP) is 1.83. The molecular formula is C7H10. The van der Waals surface area contributed by atoms with E-state index in [1.54, 1.807) is 6.08 Å². The van der Waals surface area contributed by atoms with Gasteiger partial charge < -0.3 is 0 Å². The third kappa shape index (κ3) is 5.30. The molecule has 0 aromatic rings. The van der Waals surface area contributed by atoms with E-state index in [1.165, 1.54) is 0 Å². The molecule has 0 aliphatic heterocycles. The first-order valence-electron chi connectivity index (χ1n) is 2.40. The highest BCUT2D eigenvalue weighted by Crippen LogP contribution is 1.90. The lowest BCUT2D eigenvalue weighted by Gasteiger charge is -1.86. The van der Waals surface area contributed by atoms with Crippen LogP contribution in [0.4, 0.5) is 0 Å². The predicted molar refractivity (Wildman–Crippen MR) is 32.8 cm³/mol. The Morgan fingerprint density at radius 1 is 1.57 bits per heavy atom. The van der Waals surface area contributed by atoms with E-state index in [1.807, 2.05) is 6.08 Å². The second-order valence-corrected chi connectivity index (χ2v) is 1.77. The van der Waals surface area contributed by atoms with Crippen LogP contribution in [-0.4, -0.2) is 0 Å². The van der Waals surface area contributed by atoms with Crippen molar-refractivity contribution in [1.29, 1.82) is 0 Å². The molecule has 0 radical (unpaired) electrons. The molecule has 0 saturated carbocycles. The highest BCUT2D eigenvalue weighted by Gasteiger charge is 1.77. The fourth-order valence-electron chi connectivity index (χ4n) is 0.248. The van der Waals surface area contributed by atoms with Gasteiger partial charge in [0.1, 0.15) is 0 Å². The topological polar surface area (TPSA) is 0 Å². The smallest absolute Gasteiger partial charge is 0.0159 e. The fourth-order valence-corrected chi connectivity index (χ4v) is 0.248. The van der Waals surface area contributed by atoms with Gasteiger partial charge in [0.2, 0.25) is 0 Å². The van der Waals surface area contributed by atoms with E-state index in [0.29, 0.717) is 5.92 Å². The summed E-state index contributed by atoms with van der Waals surface area (Å²) in [6.45, 7) is 4.18. The fraction of sp³-hybridized carbons (Fsp3) is 0.429. The molecule has 0 aromatic heterocycles. The minimum absolute atomic E-state index is 0.580. The summed E-state index contributed by atoms with van der Waals surface area (Å²) in [6.07, 6.45) is 8.65. The van der Waals surface area contributed by atoms with E-state index in [-0.39, 0.29) is 0 Å². The van der Waals surface area contributed by atoms with Crippen LogP contribution in [0, 0.1) is 18.3 Å². The van der Waals surface area contributed by atoms with Gasteiger partial charge in [0, 0.05) is 0 Å². The molecule has 0 heteroatoms. The Bertz CT molecular complexity index is 91.1. The van der Waals surface area contributed by atoms with Gasteiger partial charge in [-0.05, 0) is 12.0 Å². The van der Waals surface area contributed by atoms with Gasteiger partial charge in [-0.1, -0.05) is 25.8 Å². The third-order valence-corrected chi connectivity index (χ3v) is 0.577. The Hall–Kier alpha value is -0.700. The molecule has 0 N–H and O–H groups in total. The van der Waals surface area contributed by atoms with Gasteiger partial charge in [0.25, 0.3) is 0 Å². The Morgan fingerprint density at radius 3 is 2.29 bits per heavy atom. The summed E-state index contributed by atoms with van der Waals surface area (Å²) in [7, 11) is 0. The molecule has 0 aliphatic carbocycles. The van der Waals surface area contributed by atoms with Crippen LogP contribution in [0.3, 0.4) is 0 Å². The van der Waals surface area contributed by atoms with E-state index in [0.717, 1.165) is 0 Å². The van der Waals surface area contributed by atoms with Gasteiger partial charge in [0.05, 0.1) is 0 Å². The number of hydrogen-bond donors (Lipinski definition) is 0. The monoisotopic (exact) mass is 94.1 g/mol. The summed E-state index contributed by atoms with van der Waals surface area (Å²) in [4.78, 5) is 0. The van der Waals surface area contributed by atoms with Crippen molar-refractivity contribution in [1.82, 2.24) is 0 Å². The molecule has 0 amide bonds. The highest BCUT2D eigenvalue weighted by atomic mass is 13.8. The van der Waals surface area contributed by atoms with Crippen molar-refractivity contribution in [2.45, 2.75) is 13.8 Å². The van der Waals surface area contributed by atoms with Crippen LogP contribution in [0.25, 0.3) is 0 Å². The molecule has 38 valence electrons. The first-order chi connectivity index (χ1) is 3.27. The lowest BCUT2D eigenvalue weighted by Crippen LogP contribution is -1.73. The lowest BCUT2D eigenvalue weighted by molar-refractivity contribution is 0.832. The summed E-state index contributed by atoms with van der Waals surface area (Å²) in [5, 5.41) is 0. The van der Waals surface area contributed by atoms with Crippen LogP contribution in [-0.2, 0) is 0 Å². The molecule has 0 aliphatic rings. The number of rotatable bonds is 1. The highest BCUT2D eigenvalue weighted by molar-refractivity contribution is 5.09. The minimum atomic E-state index is 0.580. The normalized spacial score (nSPS) is 10.0. The number of terminal acetylenes is 1. The number of hydrogen-bond acceptors (Lipinski definition) is 0. The van der Waals surface area contributed by atoms with Crippen LogP contribution in [0.2, 0.25) is 0 Å². The Kier molecular flexibility index (Phi) is 3.14. The average Bonchev–Trinajstić information content (AvgIpc) is 1.61. The van der Waals surface area contributed by atoms with E-state index in [9.17, 15) is 0 Å². The molecular weight excluding hydrogens is 84.1 g/mol. The van der Waals surface area contributed by atoms with Gasteiger partial charge in [-0.25, -0.2) is 0 Å². The van der Waals surface area contributed by atoms with Gasteiger partial charge in [-0.2, -0.15) is 0 Å². The first kappa shape index (κ1) is 6.30. The largest absolute Gasteiger partial charge is 0.115 e. The molecule has 0 rings (SSSR count). The molecule has 7 heavy (non-hydrogen) atoms. The van der Waals surface area contributed by atoms with Crippen molar-refractivity contribution in [3.8, 4) is 12.3 Å². The van der Waals surface area contributed by atoms with Crippen LogP contribution in [0.15, 0.2) is 12.2 Å². The van der Waals surface area contributed by atoms with Crippen molar-refractivity contribution < 1.29 is 0 Å². The lowest BCUT2D eigenvalue weighted by atomic mass is 10.2. The van der Waals surface area contributed by atoms with Crippen LogP contribution < -0.4 is 0 Å². The molecule has 0 nitrogen and oxygen atoms in total. The zero-order valence-corrected chi connectivity index (χ0v) is 4.81. The SMILES string of the molecule is C#C/C=C/C(C)C. The summed E-state index contributed by atoms with van der Waals surface area (Å²) >= 11 is 0.